The molecule has 2 saturated carbocycles. The van der Waals surface area contributed by atoms with Crippen LogP contribution in [0.2, 0.25) is 0 Å². The van der Waals surface area contributed by atoms with Crippen molar-refractivity contribution < 1.29 is 57.5 Å². The lowest BCUT2D eigenvalue weighted by molar-refractivity contribution is -0.240. The van der Waals surface area contributed by atoms with Crippen LogP contribution < -0.4 is 0 Å². The van der Waals surface area contributed by atoms with Gasteiger partial charge in [-0.1, -0.05) is 20.8 Å². The van der Waals surface area contributed by atoms with Crippen LogP contribution in [0.5, 0.6) is 0 Å². The van der Waals surface area contributed by atoms with Crippen LogP contribution in [0.1, 0.15) is 48.0 Å². The predicted octanol–water partition coefficient (Wildman–Crippen LogP) is -0.228. The second kappa shape index (κ2) is 6.39. The van der Waals surface area contributed by atoms with Gasteiger partial charge in [0.1, 0.15) is 16.9 Å². The van der Waals surface area contributed by atoms with E-state index in [9.17, 15) is 29.1 Å². The van der Waals surface area contributed by atoms with Crippen molar-refractivity contribution in [1.29, 1.82) is 0 Å². The minimum atomic E-state index is -2.33. The van der Waals surface area contributed by atoms with Crippen LogP contribution in [-0.4, -0.2) is 76.9 Å². The standard InChI is InChI=1S/C24H28O12/c1-8-16(27)34-14-13(31-9(2)25)22-12-7-11(20(4,5)6)21(22)15(32-10(3)26)17(28)35-19(21)36-24(22,18(29)33-12)23(8,14)30/h8,11-15,19,30H,7H2,1-6H3/t8-,11+,12-,13+,14+,15+,19-,21+,22-,23-,24+/m1/s1. The summed E-state index contributed by atoms with van der Waals surface area (Å²) in [4.78, 5) is 64.5. The first-order valence-corrected chi connectivity index (χ1v) is 12.0. The Hall–Kier alpha value is -2.73. The normalized spacial score (nSPS) is 51.6. The summed E-state index contributed by atoms with van der Waals surface area (Å²) in [6.45, 7) is 9.38. The summed E-state index contributed by atoms with van der Waals surface area (Å²) in [5, 5.41) is 12.3. The van der Waals surface area contributed by atoms with Gasteiger partial charge in [0.25, 0.3) is 0 Å². The molecule has 4 saturated heterocycles. The van der Waals surface area contributed by atoms with Crippen LogP contribution in [0.3, 0.4) is 0 Å². The van der Waals surface area contributed by atoms with Crippen LogP contribution >= 0.6 is 0 Å². The summed E-state index contributed by atoms with van der Waals surface area (Å²) in [6, 6.07) is 0. The third-order valence-corrected chi connectivity index (χ3v) is 9.52. The Kier molecular flexibility index (Phi) is 4.20. The highest BCUT2D eigenvalue weighted by atomic mass is 16.8. The number of esters is 5. The van der Waals surface area contributed by atoms with Crippen molar-refractivity contribution in [1.82, 2.24) is 0 Å². The molecule has 2 aliphatic carbocycles. The maximum absolute atomic E-state index is 13.8. The van der Waals surface area contributed by atoms with E-state index in [1.165, 1.54) is 6.92 Å². The predicted molar refractivity (Wildman–Crippen MR) is 111 cm³/mol. The van der Waals surface area contributed by atoms with Gasteiger partial charge in [0.05, 0.1) is 5.92 Å². The summed E-state index contributed by atoms with van der Waals surface area (Å²) in [5.74, 6) is -6.04. The van der Waals surface area contributed by atoms with E-state index in [4.69, 9.17) is 28.4 Å². The van der Waals surface area contributed by atoms with Crippen LogP contribution in [0.4, 0.5) is 0 Å². The third kappa shape index (κ3) is 2.01. The van der Waals surface area contributed by atoms with E-state index >= 15 is 0 Å². The number of carbonyl (C=O) groups is 5. The number of rotatable bonds is 2. The summed E-state index contributed by atoms with van der Waals surface area (Å²) in [6.07, 6.45) is -6.83. The summed E-state index contributed by atoms with van der Waals surface area (Å²) < 4.78 is 34.8. The molecule has 11 atom stereocenters. The lowest BCUT2D eigenvalue weighted by Crippen LogP contribution is -2.67. The van der Waals surface area contributed by atoms with Gasteiger partial charge < -0.3 is 33.5 Å². The molecule has 0 aromatic carbocycles. The highest BCUT2D eigenvalue weighted by Crippen LogP contribution is 2.85. The molecule has 0 bridgehead atoms. The molecular weight excluding hydrogens is 480 g/mol. The van der Waals surface area contributed by atoms with Gasteiger partial charge in [0.15, 0.2) is 17.8 Å². The number of hydrogen-bond acceptors (Lipinski definition) is 12. The average Bonchev–Trinajstić information content (AvgIpc) is 3.45. The maximum Gasteiger partial charge on any atom is 0.350 e. The first kappa shape index (κ1) is 23.7. The van der Waals surface area contributed by atoms with E-state index in [2.05, 4.69) is 0 Å². The molecule has 2 spiro atoms. The quantitative estimate of drug-likeness (QED) is 0.386. The second-order valence-corrected chi connectivity index (χ2v) is 11.8. The molecule has 0 radical (unpaired) electrons. The third-order valence-electron chi connectivity index (χ3n) is 9.52. The van der Waals surface area contributed by atoms with Crippen molar-refractivity contribution in [3.63, 3.8) is 0 Å². The SMILES string of the molecule is CC(=O)O[C@H]1C(=O)O[C@@H]2O[C@@]34C(=O)O[C@@H]5C[C@@H](C(C)(C)C)[C@@]21[C@]53[C@@H](OC(C)=O)[C@@H]1OC(=O)[C@@H](C)[C@@]14O. The van der Waals surface area contributed by atoms with Crippen molar-refractivity contribution in [2.75, 3.05) is 0 Å². The Bertz CT molecular complexity index is 1140. The van der Waals surface area contributed by atoms with Crippen molar-refractivity contribution in [3.05, 3.63) is 0 Å². The van der Waals surface area contributed by atoms with Gasteiger partial charge in [-0.2, -0.15) is 0 Å². The van der Waals surface area contributed by atoms with Crippen LogP contribution in [0, 0.1) is 28.1 Å². The molecule has 6 aliphatic rings. The Morgan fingerprint density at radius 2 is 1.64 bits per heavy atom. The molecule has 0 amide bonds. The monoisotopic (exact) mass is 508 g/mol. The van der Waals surface area contributed by atoms with E-state index in [1.807, 2.05) is 20.8 Å². The first-order chi connectivity index (χ1) is 16.6. The number of fused-ring (bicyclic) bond motifs is 1. The number of aliphatic hydroxyl groups is 1. The fourth-order valence-corrected chi connectivity index (χ4v) is 8.70. The van der Waals surface area contributed by atoms with Gasteiger partial charge in [-0.25, -0.2) is 9.59 Å². The van der Waals surface area contributed by atoms with Gasteiger partial charge in [-0.05, 0) is 24.7 Å². The van der Waals surface area contributed by atoms with Crippen molar-refractivity contribution in [3.8, 4) is 0 Å². The van der Waals surface area contributed by atoms with Crippen LogP contribution in [-0.2, 0) is 52.4 Å². The molecular formula is C24H28O12. The van der Waals surface area contributed by atoms with Crippen molar-refractivity contribution in [2.24, 2.45) is 28.1 Å². The van der Waals surface area contributed by atoms with E-state index < -0.39 is 99.8 Å². The van der Waals surface area contributed by atoms with E-state index in [0.29, 0.717) is 0 Å². The highest BCUT2D eigenvalue weighted by molar-refractivity contribution is 5.94. The fourth-order valence-electron chi connectivity index (χ4n) is 8.70. The zero-order chi connectivity index (χ0) is 26.4. The largest absolute Gasteiger partial charge is 0.459 e. The number of carbonyl (C=O) groups excluding carboxylic acids is 5. The summed E-state index contributed by atoms with van der Waals surface area (Å²) >= 11 is 0. The first-order valence-electron chi connectivity index (χ1n) is 12.0. The van der Waals surface area contributed by atoms with Crippen molar-refractivity contribution >= 4 is 29.8 Å². The Morgan fingerprint density at radius 1 is 1.00 bits per heavy atom. The summed E-state index contributed by atoms with van der Waals surface area (Å²) in [5.41, 5.74) is -8.61. The average molecular weight is 508 g/mol. The van der Waals surface area contributed by atoms with Gasteiger partial charge in [-0.15, -0.1) is 0 Å². The van der Waals surface area contributed by atoms with E-state index in [1.54, 1.807) is 0 Å². The molecule has 12 heteroatoms. The zero-order valence-electron chi connectivity index (χ0n) is 20.7. The second-order valence-electron chi connectivity index (χ2n) is 11.8. The molecule has 4 aliphatic heterocycles. The molecule has 6 rings (SSSR count). The van der Waals surface area contributed by atoms with Gasteiger partial charge in [0, 0.05) is 13.8 Å². The van der Waals surface area contributed by atoms with Crippen LogP contribution in [0.15, 0.2) is 0 Å². The molecule has 36 heavy (non-hydrogen) atoms. The van der Waals surface area contributed by atoms with Gasteiger partial charge in [-0.3, -0.25) is 14.4 Å². The van der Waals surface area contributed by atoms with Gasteiger partial charge in [0.2, 0.25) is 18.0 Å². The molecule has 6 fully saturated rings. The molecule has 0 aromatic rings. The van der Waals surface area contributed by atoms with Crippen molar-refractivity contribution in [2.45, 2.75) is 89.9 Å². The lowest BCUT2D eigenvalue weighted by atomic mass is 9.51. The van der Waals surface area contributed by atoms with E-state index in [-0.39, 0.29) is 6.42 Å². The number of hydrogen-bond donors (Lipinski definition) is 1. The Morgan fingerprint density at radius 3 is 2.22 bits per heavy atom. The fraction of sp³-hybridized carbons (Fsp3) is 0.792. The topological polar surface area (TPSA) is 161 Å². The van der Waals surface area contributed by atoms with Crippen LogP contribution in [0.25, 0.3) is 0 Å². The lowest BCUT2D eigenvalue weighted by Gasteiger charge is -2.48. The minimum Gasteiger partial charge on any atom is -0.459 e. The summed E-state index contributed by atoms with van der Waals surface area (Å²) in [7, 11) is 0. The van der Waals surface area contributed by atoms with E-state index in [0.717, 1.165) is 13.8 Å². The maximum atomic E-state index is 13.8. The molecule has 12 nitrogen and oxygen atoms in total. The highest BCUT2D eigenvalue weighted by Gasteiger charge is 3.05. The molecule has 0 unspecified atom stereocenters. The Labute approximate surface area is 205 Å². The molecule has 196 valence electrons. The zero-order valence-corrected chi connectivity index (χ0v) is 20.7. The minimum absolute atomic E-state index is 0.175. The number of ether oxygens (including phenoxy) is 6. The van der Waals surface area contributed by atoms with Gasteiger partial charge >= 0.3 is 29.8 Å². The molecule has 1 N–H and O–H groups in total. The smallest absolute Gasteiger partial charge is 0.350 e. The Balaban J connectivity index is 1.74. The molecule has 4 heterocycles. The molecule has 0 aromatic heterocycles.